The Bertz CT molecular complexity index is 306. The van der Waals surface area contributed by atoms with Crippen LogP contribution >= 0.6 is 11.6 Å². The molecule has 13 heavy (non-hydrogen) atoms. The normalized spacial score (nSPS) is 12.5. The molecule has 0 aliphatic carbocycles. The number of halogens is 1. The summed E-state index contributed by atoms with van der Waals surface area (Å²) < 4.78 is 10.7. The summed E-state index contributed by atoms with van der Waals surface area (Å²) in [6.45, 7) is 0.625. The van der Waals surface area contributed by atoms with E-state index in [4.69, 9.17) is 11.6 Å². The number of pyridine rings is 1. The van der Waals surface area contributed by atoms with Gasteiger partial charge in [-0.3, -0.25) is 4.21 Å². The van der Waals surface area contributed by atoms with Gasteiger partial charge in [-0.25, -0.2) is 4.98 Å². The van der Waals surface area contributed by atoms with Gasteiger partial charge in [-0.1, -0.05) is 11.6 Å². The number of anilines is 1. The Morgan fingerprint density at radius 1 is 1.69 bits per heavy atom. The van der Waals surface area contributed by atoms with Crippen LogP contribution in [0.4, 0.5) is 5.82 Å². The average Bonchev–Trinajstić information content (AvgIpc) is 2.08. The number of rotatable bonds is 4. The van der Waals surface area contributed by atoms with Crippen molar-refractivity contribution in [2.75, 3.05) is 23.9 Å². The minimum absolute atomic E-state index is 0.587. The molecule has 72 valence electrons. The van der Waals surface area contributed by atoms with Gasteiger partial charge in [0.2, 0.25) is 0 Å². The molecule has 3 nitrogen and oxygen atoms in total. The zero-order valence-electron chi connectivity index (χ0n) is 7.29. The molecule has 0 bridgehead atoms. The third kappa shape index (κ3) is 3.74. The lowest BCUT2D eigenvalue weighted by Gasteiger charge is -2.04. The van der Waals surface area contributed by atoms with Gasteiger partial charge < -0.3 is 5.32 Å². The number of nitrogens with one attached hydrogen (secondary N) is 1. The van der Waals surface area contributed by atoms with Gasteiger partial charge in [0.25, 0.3) is 0 Å². The highest BCUT2D eigenvalue weighted by atomic mass is 35.5. The third-order valence-electron chi connectivity index (χ3n) is 1.44. The molecule has 0 aliphatic heterocycles. The largest absolute Gasteiger partial charge is 0.368 e. The second kappa shape index (κ2) is 5.19. The van der Waals surface area contributed by atoms with E-state index in [0.29, 0.717) is 23.1 Å². The van der Waals surface area contributed by atoms with Gasteiger partial charge in [0, 0.05) is 35.5 Å². The van der Waals surface area contributed by atoms with Crippen molar-refractivity contribution in [2.24, 2.45) is 0 Å². The maximum Gasteiger partial charge on any atom is 0.144 e. The van der Waals surface area contributed by atoms with E-state index < -0.39 is 10.8 Å². The second-order valence-corrected chi connectivity index (χ2v) is 4.50. The fourth-order valence-electron chi connectivity index (χ4n) is 0.829. The Hall–Kier alpha value is -0.610. The highest BCUT2D eigenvalue weighted by Gasteiger charge is 1.98. The molecular formula is C8H11ClN2OS. The minimum atomic E-state index is -0.779. The average molecular weight is 219 g/mol. The van der Waals surface area contributed by atoms with Gasteiger partial charge in [-0.2, -0.15) is 0 Å². The molecule has 1 heterocycles. The van der Waals surface area contributed by atoms with Crippen molar-refractivity contribution in [1.82, 2.24) is 4.98 Å². The first-order valence-corrected chi connectivity index (χ1v) is 5.95. The van der Waals surface area contributed by atoms with Crippen molar-refractivity contribution >= 4 is 28.2 Å². The quantitative estimate of drug-likeness (QED) is 0.834. The summed E-state index contributed by atoms with van der Waals surface area (Å²) in [5.74, 6) is 1.25. The van der Waals surface area contributed by atoms with E-state index in [9.17, 15) is 4.21 Å². The Morgan fingerprint density at radius 2 is 2.46 bits per heavy atom. The van der Waals surface area contributed by atoms with Crippen molar-refractivity contribution in [1.29, 1.82) is 0 Å². The molecule has 0 aliphatic rings. The number of aromatic nitrogens is 1. The molecule has 5 heteroatoms. The van der Waals surface area contributed by atoms with Crippen LogP contribution in [0.15, 0.2) is 18.3 Å². The molecule has 0 fully saturated rings. The number of nitrogens with zero attached hydrogens (tertiary/aromatic N) is 1. The molecule has 0 saturated carbocycles. The molecular weight excluding hydrogens is 208 g/mol. The lowest BCUT2D eigenvalue weighted by atomic mass is 10.4. The van der Waals surface area contributed by atoms with Crippen LogP contribution in [-0.4, -0.2) is 27.7 Å². The smallest absolute Gasteiger partial charge is 0.144 e. The van der Waals surface area contributed by atoms with Crippen molar-refractivity contribution < 1.29 is 4.21 Å². The SMILES string of the molecule is CS(=O)CCNc1ncccc1Cl. The van der Waals surface area contributed by atoms with Gasteiger partial charge in [-0.05, 0) is 12.1 Å². The molecule has 1 aromatic heterocycles. The maximum absolute atomic E-state index is 10.7. The molecule has 1 atom stereocenters. The zero-order chi connectivity index (χ0) is 9.68. The van der Waals surface area contributed by atoms with Gasteiger partial charge in [-0.15, -0.1) is 0 Å². The molecule has 1 aromatic rings. The van der Waals surface area contributed by atoms with E-state index in [-0.39, 0.29) is 0 Å². The predicted molar refractivity (Wildman–Crippen MR) is 56.7 cm³/mol. The van der Waals surface area contributed by atoms with Crippen molar-refractivity contribution in [3.8, 4) is 0 Å². The first-order valence-electron chi connectivity index (χ1n) is 3.84. The van der Waals surface area contributed by atoms with E-state index >= 15 is 0 Å². The maximum atomic E-state index is 10.7. The van der Waals surface area contributed by atoms with Crippen molar-refractivity contribution in [3.05, 3.63) is 23.4 Å². The first kappa shape index (κ1) is 10.5. The van der Waals surface area contributed by atoms with Crippen LogP contribution < -0.4 is 5.32 Å². The molecule has 0 aromatic carbocycles. The Morgan fingerprint density at radius 3 is 3.08 bits per heavy atom. The van der Waals surface area contributed by atoms with Crippen molar-refractivity contribution in [2.45, 2.75) is 0 Å². The molecule has 1 unspecified atom stereocenters. The topological polar surface area (TPSA) is 42.0 Å². The summed E-state index contributed by atoms with van der Waals surface area (Å²) in [4.78, 5) is 4.03. The fourth-order valence-corrected chi connectivity index (χ4v) is 1.41. The van der Waals surface area contributed by atoms with Crippen LogP contribution in [0, 0.1) is 0 Å². The van der Waals surface area contributed by atoms with Crippen LogP contribution in [0.1, 0.15) is 0 Å². The highest BCUT2D eigenvalue weighted by Crippen LogP contribution is 2.16. The minimum Gasteiger partial charge on any atom is -0.368 e. The van der Waals surface area contributed by atoms with Crippen LogP contribution in [0.25, 0.3) is 0 Å². The first-order chi connectivity index (χ1) is 6.20. The van der Waals surface area contributed by atoms with E-state index in [0.717, 1.165) is 0 Å². The van der Waals surface area contributed by atoms with Gasteiger partial charge >= 0.3 is 0 Å². The van der Waals surface area contributed by atoms with Crippen LogP contribution in [0.3, 0.4) is 0 Å². The molecule has 1 N–H and O–H groups in total. The Kier molecular flexibility index (Phi) is 4.18. The monoisotopic (exact) mass is 218 g/mol. The number of hydrogen-bond acceptors (Lipinski definition) is 3. The molecule has 0 saturated heterocycles. The van der Waals surface area contributed by atoms with E-state index in [1.165, 1.54) is 0 Å². The van der Waals surface area contributed by atoms with Crippen molar-refractivity contribution in [3.63, 3.8) is 0 Å². The Labute approximate surface area is 85.0 Å². The summed E-state index contributed by atoms with van der Waals surface area (Å²) >= 11 is 5.84. The summed E-state index contributed by atoms with van der Waals surface area (Å²) in [7, 11) is -0.779. The molecule has 0 radical (unpaired) electrons. The van der Waals surface area contributed by atoms with Crippen LogP contribution in [-0.2, 0) is 10.8 Å². The summed E-state index contributed by atoms with van der Waals surface area (Å²) in [6.07, 6.45) is 3.33. The molecule has 0 spiro atoms. The third-order valence-corrected chi connectivity index (χ3v) is 2.52. The summed E-state index contributed by atoms with van der Waals surface area (Å²) in [6, 6.07) is 3.53. The highest BCUT2D eigenvalue weighted by molar-refractivity contribution is 7.84. The molecule has 1 rings (SSSR count). The van der Waals surface area contributed by atoms with Crippen LogP contribution in [0.5, 0.6) is 0 Å². The van der Waals surface area contributed by atoms with Crippen LogP contribution in [0.2, 0.25) is 5.02 Å². The summed E-state index contributed by atoms with van der Waals surface area (Å²) in [5.41, 5.74) is 0. The fraction of sp³-hybridized carbons (Fsp3) is 0.375. The van der Waals surface area contributed by atoms with E-state index in [1.54, 1.807) is 24.6 Å². The Balaban J connectivity index is 2.45. The van der Waals surface area contributed by atoms with Gasteiger partial charge in [0.05, 0.1) is 5.02 Å². The zero-order valence-corrected chi connectivity index (χ0v) is 8.86. The second-order valence-electron chi connectivity index (χ2n) is 2.54. The lowest BCUT2D eigenvalue weighted by Crippen LogP contribution is -2.10. The van der Waals surface area contributed by atoms with E-state index in [2.05, 4.69) is 10.3 Å². The molecule has 0 amide bonds. The van der Waals surface area contributed by atoms with Gasteiger partial charge in [0.1, 0.15) is 5.82 Å². The number of hydrogen-bond donors (Lipinski definition) is 1. The standard InChI is InChI=1S/C8H11ClN2OS/c1-13(12)6-5-11-8-7(9)3-2-4-10-8/h2-4H,5-6H2,1H3,(H,10,11). The van der Waals surface area contributed by atoms with Gasteiger partial charge in [0.15, 0.2) is 0 Å². The summed E-state index contributed by atoms with van der Waals surface area (Å²) in [5, 5.41) is 3.60. The van der Waals surface area contributed by atoms with E-state index in [1.807, 2.05) is 0 Å². The predicted octanol–water partition coefficient (Wildman–Crippen LogP) is 1.53. The lowest BCUT2D eigenvalue weighted by molar-refractivity contribution is 0.687.